The summed E-state index contributed by atoms with van der Waals surface area (Å²) in [6, 6.07) is 13.4. The van der Waals surface area contributed by atoms with Gasteiger partial charge in [0.2, 0.25) is 0 Å². The van der Waals surface area contributed by atoms with Crippen molar-refractivity contribution in [3.8, 4) is 11.5 Å². The van der Waals surface area contributed by atoms with Gasteiger partial charge in [-0.15, -0.1) is 0 Å². The van der Waals surface area contributed by atoms with Gasteiger partial charge in [-0.1, -0.05) is 35.6 Å². The molecule has 2 aromatic carbocycles. The second kappa shape index (κ2) is 7.76. The maximum atomic E-state index is 13.3. The molecule has 4 rings (SSSR count). The number of carbonyl (C=O) groups is 1. The molecule has 6 nitrogen and oxygen atoms in total. The Bertz CT molecular complexity index is 1330. The Morgan fingerprint density at radius 3 is 2.43 bits per heavy atom. The number of hydrogen-bond donors (Lipinski definition) is 1. The van der Waals surface area contributed by atoms with Crippen LogP contribution in [0.5, 0.6) is 11.5 Å². The molecule has 1 aromatic heterocycles. The predicted octanol–water partition coefficient (Wildman–Crippen LogP) is 2.54. The molecular weight excluding hydrogens is 400 g/mol. The van der Waals surface area contributed by atoms with Gasteiger partial charge in [0.15, 0.2) is 10.6 Å². The molecular formula is C23H20N2O4S. The van der Waals surface area contributed by atoms with Crippen LogP contribution in [0.25, 0.3) is 6.08 Å². The van der Waals surface area contributed by atoms with Gasteiger partial charge < -0.3 is 9.84 Å². The monoisotopic (exact) mass is 420 g/mol. The molecule has 2 heterocycles. The molecule has 0 radical (unpaired) electrons. The summed E-state index contributed by atoms with van der Waals surface area (Å²) in [6.45, 7) is 3.29. The minimum atomic E-state index is -0.549. The summed E-state index contributed by atoms with van der Waals surface area (Å²) < 4.78 is 7.33. The number of benzene rings is 2. The Hall–Kier alpha value is -3.45. The van der Waals surface area contributed by atoms with Crippen molar-refractivity contribution in [2.45, 2.75) is 19.9 Å². The highest BCUT2D eigenvalue weighted by molar-refractivity contribution is 7.07. The van der Waals surface area contributed by atoms with Gasteiger partial charge in [-0.2, -0.15) is 0 Å². The van der Waals surface area contributed by atoms with Gasteiger partial charge in [-0.3, -0.25) is 14.2 Å². The van der Waals surface area contributed by atoms with E-state index in [9.17, 15) is 14.7 Å². The van der Waals surface area contributed by atoms with Crippen LogP contribution in [0.3, 0.4) is 0 Å². The summed E-state index contributed by atoms with van der Waals surface area (Å²) in [7, 11) is 1.59. The zero-order valence-corrected chi connectivity index (χ0v) is 17.6. The Labute approximate surface area is 176 Å². The standard InChI is InChI=1S/C23H20N2O4S/c1-13-20(14(2)26)21(16-6-10-18(29-3)11-7-16)25-22(28)19(30-23(25)24-13)12-15-4-8-17(27)9-5-15/h4-12,21,27H,1-3H3/b19-12+/t21-/m0/s1. The van der Waals surface area contributed by atoms with Crippen LogP contribution in [0.2, 0.25) is 0 Å². The summed E-state index contributed by atoms with van der Waals surface area (Å²) in [5.41, 5.74) is 2.51. The summed E-state index contributed by atoms with van der Waals surface area (Å²) in [5, 5.41) is 9.48. The summed E-state index contributed by atoms with van der Waals surface area (Å²) in [4.78, 5) is 30.9. The van der Waals surface area contributed by atoms with Gasteiger partial charge in [-0.25, -0.2) is 4.99 Å². The molecule has 7 heteroatoms. The maximum absolute atomic E-state index is 13.3. The number of aromatic hydroxyl groups is 1. The molecule has 1 aliphatic rings. The third kappa shape index (κ3) is 3.48. The van der Waals surface area contributed by atoms with Crippen LogP contribution in [-0.4, -0.2) is 22.6 Å². The van der Waals surface area contributed by atoms with E-state index in [1.54, 1.807) is 48.9 Å². The van der Waals surface area contributed by atoms with Crippen LogP contribution in [0.1, 0.15) is 31.0 Å². The number of allylic oxidation sites excluding steroid dienone is 2. The third-order valence-corrected chi connectivity index (χ3v) is 6.01. The van der Waals surface area contributed by atoms with E-state index in [0.29, 0.717) is 26.4 Å². The number of carbonyl (C=O) groups excluding carboxylic acids is 1. The van der Waals surface area contributed by atoms with E-state index in [2.05, 4.69) is 4.99 Å². The largest absolute Gasteiger partial charge is 0.508 e. The quantitative estimate of drug-likeness (QED) is 0.703. The van der Waals surface area contributed by atoms with Crippen LogP contribution < -0.4 is 19.6 Å². The Morgan fingerprint density at radius 1 is 1.17 bits per heavy atom. The van der Waals surface area contributed by atoms with E-state index in [0.717, 1.165) is 11.1 Å². The average Bonchev–Trinajstić information content (AvgIpc) is 3.03. The molecule has 0 bridgehead atoms. The normalized spacial score (nSPS) is 16.2. The third-order valence-electron chi connectivity index (χ3n) is 5.02. The van der Waals surface area contributed by atoms with Crippen molar-refractivity contribution in [3.63, 3.8) is 0 Å². The number of aromatic nitrogens is 1. The van der Waals surface area contributed by atoms with Crippen LogP contribution >= 0.6 is 11.3 Å². The smallest absolute Gasteiger partial charge is 0.271 e. The van der Waals surface area contributed by atoms with E-state index < -0.39 is 6.04 Å². The summed E-state index contributed by atoms with van der Waals surface area (Å²) in [5.74, 6) is 0.739. The zero-order valence-electron chi connectivity index (χ0n) is 16.7. The molecule has 1 atom stereocenters. The average molecular weight is 420 g/mol. The van der Waals surface area contributed by atoms with Gasteiger partial charge in [0, 0.05) is 11.3 Å². The van der Waals surface area contributed by atoms with Gasteiger partial charge in [0.1, 0.15) is 11.5 Å². The molecule has 0 unspecified atom stereocenters. The Morgan fingerprint density at radius 2 is 1.83 bits per heavy atom. The zero-order chi connectivity index (χ0) is 21.4. The minimum Gasteiger partial charge on any atom is -0.508 e. The molecule has 152 valence electrons. The van der Waals surface area contributed by atoms with Gasteiger partial charge in [0.25, 0.3) is 5.56 Å². The summed E-state index contributed by atoms with van der Waals surface area (Å²) in [6.07, 6.45) is 1.77. The lowest BCUT2D eigenvalue weighted by atomic mass is 9.93. The first-order valence-electron chi connectivity index (χ1n) is 9.35. The molecule has 0 saturated carbocycles. The highest BCUT2D eigenvalue weighted by Crippen LogP contribution is 2.31. The van der Waals surface area contributed by atoms with Crippen molar-refractivity contribution in [1.29, 1.82) is 0 Å². The highest BCUT2D eigenvalue weighted by atomic mass is 32.1. The molecule has 0 aliphatic carbocycles. The number of phenols is 1. The molecule has 0 fully saturated rings. The van der Waals surface area contributed by atoms with Crippen molar-refractivity contribution in [3.05, 3.63) is 90.6 Å². The number of methoxy groups -OCH3 is 1. The van der Waals surface area contributed by atoms with E-state index >= 15 is 0 Å². The van der Waals surface area contributed by atoms with Gasteiger partial charge >= 0.3 is 0 Å². The highest BCUT2D eigenvalue weighted by Gasteiger charge is 2.30. The van der Waals surface area contributed by atoms with E-state index in [4.69, 9.17) is 4.74 Å². The Balaban J connectivity index is 1.94. The fourth-order valence-corrected chi connectivity index (χ4v) is 4.64. The number of hydrogen-bond acceptors (Lipinski definition) is 6. The van der Waals surface area contributed by atoms with Crippen LogP contribution in [-0.2, 0) is 4.79 Å². The van der Waals surface area contributed by atoms with Crippen molar-refractivity contribution in [2.24, 2.45) is 4.99 Å². The molecule has 1 N–H and O–H groups in total. The number of nitrogens with zero attached hydrogens (tertiary/aromatic N) is 2. The second-order valence-corrected chi connectivity index (χ2v) is 8.01. The lowest BCUT2D eigenvalue weighted by Crippen LogP contribution is -2.39. The Kier molecular flexibility index (Phi) is 5.13. The molecule has 0 amide bonds. The predicted molar refractivity (Wildman–Crippen MR) is 116 cm³/mol. The first-order chi connectivity index (χ1) is 14.4. The first kappa shape index (κ1) is 19.8. The van der Waals surface area contributed by atoms with Crippen LogP contribution in [0.15, 0.2) is 69.6 Å². The van der Waals surface area contributed by atoms with Gasteiger partial charge in [0.05, 0.1) is 17.7 Å². The number of ether oxygens (including phenoxy) is 1. The molecule has 30 heavy (non-hydrogen) atoms. The molecule has 3 aromatic rings. The number of Topliss-reactive ketones (excluding diaryl/α,β-unsaturated/α-hetero) is 1. The van der Waals surface area contributed by atoms with Crippen molar-refractivity contribution >= 4 is 23.2 Å². The minimum absolute atomic E-state index is 0.120. The van der Waals surface area contributed by atoms with Crippen LogP contribution in [0, 0.1) is 0 Å². The van der Waals surface area contributed by atoms with E-state index in [1.807, 2.05) is 24.3 Å². The lowest BCUT2D eigenvalue weighted by molar-refractivity contribution is -0.114. The van der Waals surface area contributed by atoms with Gasteiger partial charge in [-0.05, 0) is 55.3 Å². The number of thiazole rings is 1. The number of phenolic OH excluding ortho intramolecular Hbond substituents is 1. The lowest BCUT2D eigenvalue weighted by Gasteiger charge is -2.24. The number of rotatable bonds is 4. The fraction of sp³-hybridized carbons (Fsp3) is 0.174. The second-order valence-electron chi connectivity index (χ2n) is 7.00. The van der Waals surface area contributed by atoms with E-state index in [1.165, 1.54) is 18.3 Å². The SMILES string of the molecule is COc1ccc([C@H]2C(C(C)=O)=C(C)N=c3s/c(=C/c4ccc(O)cc4)c(=O)n32)cc1. The molecule has 0 spiro atoms. The topological polar surface area (TPSA) is 80.9 Å². The van der Waals surface area contributed by atoms with Crippen molar-refractivity contribution < 1.29 is 14.6 Å². The molecule has 0 saturated heterocycles. The van der Waals surface area contributed by atoms with Crippen molar-refractivity contribution in [2.75, 3.05) is 7.11 Å². The van der Waals surface area contributed by atoms with E-state index in [-0.39, 0.29) is 17.1 Å². The summed E-state index contributed by atoms with van der Waals surface area (Å²) >= 11 is 1.28. The first-order valence-corrected chi connectivity index (χ1v) is 10.2. The van der Waals surface area contributed by atoms with Crippen LogP contribution in [0.4, 0.5) is 0 Å². The maximum Gasteiger partial charge on any atom is 0.271 e. The fourth-order valence-electron chi connectivity index (χ4n) is 3.59. The molecule has 1 aliphatic heterocycles. The number of fused-ring (bicyclic) bond motifs is 1. The number of ketones is 1. The van der Waals surface area contributed by atoms with Crippen molar-refractivity contribution in [1.82, 2.24) is 4.57 Å².